The molecule has 2 heteroatoms. The molecule has 1 aliphatic rings. The maximum Gasteiger partial charge on any atom is 0.160 e. The minimum Gasteiger partial charge on any atom is -0.228 e. The molecular weight excluding hydrogens is 617 g/mol. The van der Waals surface area contributed by atoms with Gasteiger partial charge in [-0.2, -0.15) is 0 Å². The van der Waals surface area contributed by atoms with E-state index in [-0.39, 0.29) is 5.41 Å². The number of fused-ring (bicyclic) bond motifs is 7. The topological polar surface area (TPSA) is 25.8 Å². The lowest BCUT2D eigenvalue weighted by Gasteiger charge is -2.21. The van der Waals surface area contributed by atoms with Crippen molar-refractivity contribution < 1.29 is 0 Å². The summed E-state index contributed by atoms with van der Waals surface area (Å²) in [5, 5.41) is 7.23. The van der Waals surface area contributed by atoms with Crippen LogP contribution in [0.15, 0.2) is 170 Å². The predicted molar refractivity (Wildman–Crippen MR) is 214 cm³/mol. The number of aromatic nitrogens is 2. The van der Waals surface area contributed by atoms with Gasteiger partial charge < -0.3 is 0 Å². The van der Waals surface area contributed by atoms with Gasteiger partial charge >= 0.3 is 0 Å². The average Bonchev–Trinajstić information content (AvgIpc) is 3.42. The second kappa shape index (κ2) is 11.3. The summed E-state index contributed by atoms with van der Waals surface area (Å²) in [6, 6.07) is 61.3. The molecule has 51 heavy (non-hydrogen) atoms. The van der Waals surface area contributed by atoms with Gasteiger partial charge in [0.15, 0.2) is 5.82 Å². The molecule has 1 aliphatic carbocycles. The molecule has 0 aliphatic heterocycles. The average molecular weight is 651 g/mol. The summed E-state index contributed by atoms with van der Waals surface area (Å²) < 4.78 is 0. The fraction of sp³-hybridized carbons (Fsp3) is 0.0612. The molecular formula is C49H34N2. The van der Waals surface area contributed by atoms with E-state index in [1.165, 1.54) is 65.7 Å². The molecule has 0 saturated heterocycles. The van der Waals surface area contributed by atoms with E-state index in [1.807, 2.05) is 6.07 Å². The zero-order valence-corrected chi connectivity index (χ0v) is 28.6. The standard InChI is InChI=1S/C49H34N2/c1-49(2)42-22-11-10-21-40(42)41-29-34(25-26-43(41)49)33-17-12-18-36(27-33)44-30-45(51-48(50-44)32-14-4-3-5-15-32)47-39-20-9-7-16-35(39)28-37-24-23-31-13-6-8-19-38(31)46(37)47/h3-30H,1-2H3. The summed E-state index contributed by atoms with van der Waals surface area (Å²) in [5.74, 6) is 0.714. The first-order valence-corrected chi connectivity index (χ1v) is 17.7. The van der Waals surface area contributed by atoms with Crippen molar-refractivity contribution in [3.8, 4) is 56.2 Å². The molecule has 2 nitrogen and oxygen atoms in total. The van der Waals surface area contributed by atoms with Gasteiger partial charge in [0.25, 0.3) is 0 Å². The second-order valence-electron chi connectivity index (χ2n) is 14.2. The van der Waals surface area contributed by atoms with E-state index in [0.29, 0.717) is 5.82 Å². The lowest BCUT2D eigenvalue weighted by Crippen LogP contribution is -2.14. The minimum atomic E-state index is -0.0192. The van der Waals surface area contributed by atoms with Crippen molar-refractivity contribution in [2.24, 2.45) is 0 Å². The van der Waals surface area contributed by atoms with Gasteiger partial charge in [0.2, 0.25) is 0 Å². The van der Waals surface area contributed by atoms with E-state index in [0.717, 1.165) is 28.1 Å². The fourth-order valence-corrected chi connectivity index (χ4v) is 8.30. The number of hydrogen-bond acceptors (Lipinski definition) is 2. The van der Waals surface area contributed by atoms with Crippen molar-refractivity contribution in [3.63, 3.8) is 0 Å². The van der Waals surface area contributed by atoms with Gasteiger partial charge in [-0.25, -0.2) is 9.97 Å². The Kier molecular flexibility index (Phi) is 6.56. The van der Waals surface area contributed by atoms with E-state index in [1.54, 1.807) is 0 Å². The van der Waals surface area contributed by atoms with Crippen LogP contribution in [0.1, 0.15) is 25.0 Å². The van der Waals surface area contributed by atoms with E-state index in [4.69, 9.17) is 9.97 Å². The molecule has 0 amide bonds. The van der Waals surface area contributed by atoms with Crippen LogP contribution < -0.4 is 0 Å². The Hall–Kier alpha value is -6.38. The molecule has 0 atom stereocenters. The van der Waals surface area contributed by atoms with Crippen LogP contribution in [-0.2, 0) is 5.41 Å². The molecule has 0 radical (unpaired) electrons. The summed E-state index contributed by atoms with van der Waals surface area (Å²) in [6.45, 7) is 4.66. The molecule has 0 saturated carbocycles. The summed E-state index contributed by atoms with van der Waals surface area (Å²) in [7, 11) is 0. The largest absolute Gasteiger partial charge is 0.228 e. The van der Waals surface area contributed by atoms with Crippen LogP contribution in [0.4, 0.5) is 0 Å². The first kappa shape index (κ1) is 29.5. The highest BCUT2D eigenvalue weighted by atomic mass is 14.9. The summed E-state index contributed by atoms with van der Waals surface area (Å²) in [5.41, 5.74) is 12.8. The first-order chi connectivity index (χ1) is 25.0. The summed E-state index contributed by atoms with van der Waals surface area (Å²) >= 11 is 0. The Bertz CT molecular complexity index is 2830. The highest BCUT2D eigenvalue weighted by molar-refractivity contribution is 6.21. The van der Waals surface area contributed by atoms with Gasteiger partial charge in [0.05, 0.1) is 11.4 Å². The van der Waals surface area contributed by atoms with Crippen molar-refractivity contribution in [2.75, 3.05) is 0 Å². The molecule has 1 heterocycles. The summed E-state index contributed by atoms with van der Waals surface area (Å²) in [4.78, 5) is 10.6. The molecule has 8 aromatic carbocycles. The zero-order chi connectivity index (χ0) is 34.1. The third kappa shape index (κ3) is 4.71. The van der Waals surface area contributed by atoms with E-state index in [9.17, 15) is 0 Å². The second-order valence-corrected chi connectivity index (χ2v) is 14.2. The Labute approximate surface area is 297 Å². The van der Waals surface area contributed by atoms with Gasteiger partial charge in [0, 0.05) is 22.1 Å². The maximum absolute atomic E-state index is 5.35. The number of hydrogen-bond donors (Lipinski definition) is 0. The third-order valence-corrected chi connectivity index (χ3v) is 10.8. The fourth-order valence-electron chi connectivity index (χ4n) is 8.30. The Morgan fingerprint density at radius 3 is 1.92 bits per heavy atom. The molecule has 9 aromatic rings. The van der Waals surface area contributed by atoms with E-state index >= 15 is 0 Å². The highest BCUT2D eigenvalue weighted by Gasteiger charge is 2.35. The highest BCUT2D eigenvalue weighted by Crippen LogP contribution is 2.49. The quantitative estimate of drug-likeness (QED) is 0.140. The van der Waals surface area contributed by atoms with Gasteiger partial charge in [-0.3, -0.25) is 0 Å². The molecule has 1 aromatic heterocycles. The lowest BCUT2D eigenvalue weighted by atomic mass is 9.82. The van der Waals surface area contributed by atoms with Crippen molar-refractivity contribution in [1.82, 2.24) is 9.97 Å². The van der Waals surface area contributed by atoms with Crippen LogP contribution in [0.3, 0.4) is 0 Å². The van der Waals surface area contributed by atoms with Crippen LogP contribution in [0.5, 0.6) is 0 Å². The molecule has 0 N–H and O–H groups in total. The van der Waals surface area contributed by atoms with Gasteiger partial charge in [-0.15, -0.1) is 0 Å². The molecule has 0 fully saturated rings. The van der Waals surface area contributed by atoms with Crippen LogP contribution in [0.25, 0.3) is 88.5 Å². The van der Waals surface area contributed by atoms with Crippen LogP contribution in [0, 0.1) is 0 Å². The molecule has 240 valence electrons. The van der Waals surface area contributed by atoms with Gasteiger partial charge in [0.1, 0.15) is 0 Å². The van der Waals surface area contributed by atoms with Crippen molar-refractivity contribution in [3.05, 3.63) is 181 Å². The molecule has 10 rings (SSSR count). The van der Waals surface area contributed by atoms with Gasteiger partial charge in [-0.05, 0) is 90.0 Å². The first-order valence-electron chi connectivity index (χ1n) is 17.7. The number of rotatable bonds is 4. The summed E-state index contributed by atoms with van der Waals surface area (Å²) in [6.07, 6.45) is 0. The monoisotopic (exact) mass is 650 g/mol. The smallest absolute Gasteiger partial charge is 0.160 e. The van der Waals surface area contributed by atoms with Crippen molar-refractivity contribution in [1.29, 1.82) is 0 Å². The number of benzene rings is 8. The van der Waals surface area contributed by atoms with Crippen LogP contribution >= 0.6 is 0 Å². The lowest BCUT2D eigenvalue weighted by molar-refractivity contribution is 0.660. The minimum absolute atomic E-state index is 0.0192. The molecule has 0 spiro atoms. The van der Waals surface area contributed by atoms with Crippen molar-refractivity contribution in [2.45, 2.75) is 19.3 Å². The third-order valence-electron chi connectivity index (χ3n) is 10.8. The van der Waals surface area contributed by atoms with E-state index < -0.39 is 0 Å². The van der Waals surface area contributed by atoms with Crippen molar-refractivity contribution >= 4 is 32.3 Å². The van der Waals surface area contributed by atoms with E-state index in [2.05, 4.69) is 178 Å². The van der Waals surface area contributed by atoms with Crippen LogP contribution in [-0.4, -0.2) is 9.97 Å². The Morgan fingerprint density at radius 2 is 1.04 bits per heavy atom. The van der Waals surface area contributed by atoms with Crippen LogP contribution in [0.2, 0.25) is 0 Å². The predicted octanol–water partition coefficient (Wildman–Crippen LogP) is 12.9. The maximum atomic E-state index is 5.35. The molecule has 0 bridgehead atoms. The Balaban J connectivity index is 1.20. The molecule has 0 unspecified atom stereocenters. The zero-order valence-electron chi connectivity index (χ0n) is 28.6. The Morgan fingerprint density at radius 1 is 0.392 bits per heavy atom. The van der Waals surface area contributed by atoms with Gasteiger partial charge in [-0.1, -0.05) is 159 Å². The normalized spacial score (nSPS) is 13.1. The number of nitrogens with zero attached hydrogens (tertiary/aromatic N) is 2. The SMILES string of the molecule is CC1(C)c2ccccc2-c2cc(-c3cccc(-c4cc(-c5c6ccccc6cc6ccc7ccccc7c56)nc(-c5ccccc5)n4)c3)ccc21.